The molecular formula is C20H21N5O3S. The maximum Gasteiger partial charge on any atom is 0.269 e. The first kappa shape index (κ1) is 20.5. The summed E-state index contributed by atoms with van der Waals surface area (Å²) in [5.74, 6) is 1.10. The zero-order valence-electron chi connectivity index (χ0n) is 16.3. The average molecular weight is 411 g/mol. The van der Waals surface area contributed by atoms with Gasteiger partial charge in [-0.05, 0) is 31.0 Å². The number of hydrogen-bond acceptors (Lipinski definition) is 6. The second-order valence-electron chi connectivity index (χ2n) is 6.62. The smallest absolute Gasteiger partial charge is 0.269 e. The topological polar surface area (TPSA) is 103 Å². The summed E-state index contributed by atoms with van der Waals surface area (Å²) in [6.07, 6.45) is 0. The fraction of sp³-hybridized carbons (Fsp3) is 0.250. The van der Waals surface area contributed by atoms with Crippen LogP contribution in [0.1, 0.15) is 40.3 Å². The van der Waals surface area contributed by atoms with Gasteiger partial charge >= 0.3 is 0 Å². The zero-order chi connectivity index (χ0) is 21.0. The number of nitro benzene ring substituents is 1. The van der Waals surface area contributed by atoms with Gasteiger partial charge in [-0.3, -0.25) is 14.9 Å². The van der Waals surface area contributed by atoms with Crippen LogP contribution in [0.15, 0.2) is 53.7 Å². The highest BCUT2D eigenvalue weighted by molar-refractivity contribution is 7.98. The lowest BCUT2D eigenvalue weighted by atomic mass is 10.1. The lowest BCUT2D eigenvalue weighted by Crippen LogP contribution is -2.29. The Hall–Kier alpha value is -3.20. The van der Waals surface area contributed by atoms with Crippen LogP contribution in [0.2, 0.25) is 0 Å². The number of nitrogens with one attached hydrogen (secondary N) is 1. The number of hydrogen-bond donors (Lipinski definition) is 1. The van der Waals surface area contributed by atoms with E-state index in [9.17, 15) is 14.9 Å². The van der Waals surface area contributed by atoms with Crippen LogP contribution >= 0.6 is 11.8 Å². The lowest BCUT2D eigenvalue weighted by Gasteiger charge is -2.14. The molecule has 2 aromatic carbocycles. The second kappa shape index (κ2) is 8.87. The van der Waals surface area contributed by atoms with E-state index in [4.69, 9.17) is 0 Å². The Morgan fingerprint density at radius 1 is 1.21 bits per heavy atom. The minimum Gasteiger partial charge on any atom is -0.342 e. The quantitative estimate of drug-likeness (QED) is 0.360. The molecule has 3 aromatic rings. The largest absolute Gasteiger partial charge is 0.342 e. The SMILES string of the molecule is Cc1ccccc1C(=O)NC(C)c1nnc(SCc2ccc([N+](=O)[O-])cc2)n1C. The van der Waals surface area contributed by atoms with E-state index in [2.05, 4.69) is 15.5 Å². The van der Waals surface area contributed by atoms with Crippen LogP contribution in [0.3, 0.4) is 0 Å². The number of non-ortho nitro benzene ring substituents is 1. The highest BCUT2D eigenvalue weighted by Gasteiger charge is 2.19. The third-order valence-corrected chi connectivity index (χ3v) is 5.60. The molecule has 0 saturated heterocycles. The zero-order valence-corrected chi connectivity index (χ0v) is 17.1. The number of carbonyl (C=O) groups excluding carboxylic acids is 1. The molecular weight excluding hydrogens is 390 g/mol. The van der Waals surface area contributed by atoms with Gasteiger partial charge < -0.3 is 9.88 Å². The van der Waals surface area contributed by atoms with Gasteiger partial charge in [-0.15, -0.1) is 10.2 Å². The van der Waals surface area contributed by atoms with Gasteiger partial charge in [0.25, 0.3) is 11.6 Å². The monoisotopic (exact) mass is 411 g/mol. The van der Waals surface area contributed by atoms with E-state index in [0.29, 0.717) is 22.3 Å². The summed E-state index contributed by atoms with van der Waals surface area (Å²) in [5, 5.41) is 22.8. The van der Waals surface area contributed by atoms with Crippen molar-refractivity contribution in [1.82, 2.24) is 20.1 Å². The van der Waals surface area contributed by atoms with Crippen molar-refractivity contribution in [3.8, 4) is 0 Å². The maximum atomic E-state index is 12.5. The van der Waals surface area contributed by atoms with Crippen LogP contribution in [0.5, 0.6) is 0 Å². The molecule has 1 heterocycles. The Balaban J connectivity index is 1.64. The van der Waals surface area contributed by atoms with E-state index >= 15 is 0 Å². The van der Waals surface area contributed by atoms with E-state index in [1.54, 1.807) is 18.2 Å². The van der Waals surface area contributed by atoms with E-state index < -0.39 is 4.92 Å². The van der Waals surface area contributed by atoms with Crippen molar-refractivity contribution in [1.29, 1.82) is 0 Å². The fourth-order valence-corrected chi connectivity index (χ4v) is 3.73. The van der Waals surface area contributed by atoms with Gasteiger partial charge in [0.1, 0.15) is 0 Å². The Morgan fingerprint density at radius 2 is 1.90 bits per heavy atom. The minimum atomic E-state index is -0.418. The van der Waals surface area contributed by atoms with Gasteiger partial charge in [0, 0.05) is 30.5 Å². The molecule has 0 bridgehead atoms. The van der Waals surface area contributed by atoms with Gasteiger partial charge in [-0.25, -0.2) is 0 Å². The number of aromatic nitrogens is 3. The Morgan fingerprint density at radius 3 is 2.55 bits per heavy atom. The molecule has 3 rings (SSSR count). The van der Waals surface area contributed by atoms with Crippen LogP contribution in [0, 0.1) is 17.0 Å². The number of aryl methyl sites for hydroxylation is 1. The summed E-state index contributed by atoms with van der Waals surface area (Å²) in [6, 6.07) is 13.5. The van der Waals surface area contributed by atoms with E-state index in [0.717, 1.165) is 11.1 Å². The Labute approximate surface area is 172 Å². The van der Waals surface area contributed by atoms with E-state index in [1.807, 2.05) is 43.7 Å². The Bertz CT molecular complexity index is 1030. The summed E-state index contributed by atoms with van der Waals surface area (Å²) >= 11 is 1.48. The first-order valence-corrected chi connectivity index (χ1v) is 9.97. The molecule has 0 aliphatic rings. The Kier molecular flexibility index (Phi) is 6.28. The molecule has 0 aliphatic heterocycles. The van der Waals surface area contributed by atoms with Gasteiger partial charge in [-0.2, -0.15) is 0 Å². The van der Waals surface area contributed by atoms with Crippen LogP contribution in [0.4, 0.5) is 5.69 Å². The van der Waals surface area contributed by atoms with Crippen molar-refractivity contribution in [2.24, 2.45) is 7.05 Å². The van der Waals surface area contributed by atoms with Gasteiger partial charge in [0.2, 0.25) is 0 Å². The fourth-order valence-electron chi connectivity index (χ4n) is 2.86. The van der Waals surface area contributed by atoms with Gasteiger partial charge in [0.15, 0.2) is 11.0 Å². The average Bonchev–Trinajstić information content (AvgIpc) is 3.07. The van der Waals surface area contributed by atoms with Crippen LogP contribution in [-0.2, 0) is 12.8 Å². The maximum absolute atomic E-state index is 12.5. The van der Waals surface area contributed by atoms with E-state index in [-0.39, 0.29) is 17.6 Å². The molecule has 29 heavy (non-hydrogen) atoms. The molecule has 9 heteroatoms. The van der Waals surface area contributed by atoms with Crippen LogP contribution in [0.25, 0.3) is 0 Å². The summed E-state index contributed by atoms with van der Waals surface area (Å²) in [4.78, 5) is 22.9. The van der Waals surface area contributed by atoms with Crippen LogP contribution < -0.4 is 5.32 Å². The van der Waals surface area contributed by atoms with E-state index in [1.165, 1.54) is 23.9 Å². The summed E-state index contributed by atoms with van der Waals surface area (Å²) in [7, 11) is 1.85. The predicted molar refractivity (Wildman–Crippen MR) is 111 cm³/mol. The molecule has 1 N–H and O–H groups in total. The number of benzene rings is 2. The highest BCUT2D eigenvalue weighted by atomic mass is 32.2. The molecule has 1 unspecified atom stereocenters. The first-order valence-electron chi connectivity index (χ1n) is 8.98. The number of carbonyl (C=O) groups is 1. The second-order valence-corrected chi connectivity index (χ2v) is 7.56. The van der Waals surface area contributed by atoms with Crippen LogP contribution in [-0.4, -0.2) is 25.6 Å². The highest BCUT2D eigenvalue weighted by Crippen LogP contribution is 2.24. The number of amides is 1. The molecule has 150 valence electrons. The normalized spacial score (nSPS) is 11.8. The van der Waals surface area contributed by atoms with Crippen molar-refractivity contribution in [2.75, 3.05) is 0 Å². The van der Waals surface area contributed by atoms with Gasteiger partial charge in [0.05, 0.1) is 11.0 Å². The molecule has 1 amide bonds. The lowest BCUT2D eigenvalue weighted by molar-refractivity contribution is -0.384. The van der Waals surface area contributed by atoms with Crippen molar-refractivity contribution in [3.05, 3.63) is 81.2 Å². The minimum absolute atomic E-state index is 0.0675. The molecule has 0 aliphatic carbocycles. The molecule has 0 radical (unpaired) electrons. The van der Waals surface area contributed by atoms with Gasteiger partial charge in [-0.1, -0.05) is 42.1 Å². The molecule has 0 spiro atoms. The standard InChI is InChI=1S/C20H21N5O3S/c1-13-6-4-5-7-17(13)19(26)21-14(2)18-22-23-20(24(18)3)29-12-15-8-10-16(11-9-15)25(27)28/h4-11,14H,12H2,1-3H3,(H,21,26). The molecule has 8 nitrogen and oxygen atoms in total. The number of nitro groups is 1. The molecule has 0 fully saturated rings. The molecule has 0 saturated carbocycles. The molecule has 1 atom stereocenters. The summed E-state index contributed by atoms with van der Waals surface area (Å²) < 4.78 is 1.85. The third kappa shape index (κ3) is 4.80. The number of rotatable bonds is 7. The molecule has 1 aromatic heterocycles. The number of nitrogens with zero attached hydrogens (tertiary/aromatic N) is 4. The van der Waals surface area contributed by atoms with Crippen molar-refractivity contribution < 1.29 is 9.72 Å². The van der Waals surface area contributed by atoms with Crippen molar-refractivity contribution >= 4 is 23.4 Å². The van der Waals surface area contributed by atoms with Crippen molar-refractivity contribution in [2.45, 2.75) is 30.8 Å². The van der Waals surface area contributed by atoms with Crippen molar-refractivity contribution in [3.63, 3.8) is 0 Å². The summed E-state index contributed by atoms with van der Waals surface area (Å²) in [6.45, 7) is 3.76. The summed E-state index contributed by atoms with van der Waals surface area (Å²) in [5.41, 5.74) is 2.56. The first-order chi connectivity index (χ1) is 13.9. The predicted octanol–water partition coefficient (Wildman–Crippen LogP) is 3.82. The number of thioether (sulfide) groups is 1. The third-order valence-electron chi connectivity index (χ3n) is 4.51.